The van der Waals surface area contributed by atoms with Crippen molar-refractivity contribution < 1.29 is 4.42 Å². The molecular formula is C44H29N3O. The molecule has 0 N–H and O–H groups in total. The molecule has 9 aromatic rings. The van der Waals surface area contributed by atoms with E-state index in [9.17, 15) is 0 Å². The maximum absolute atomic E-state index is 6.53. The molecule has 0 saturated heterocycles. The standard InChI is InChI=1S/C44H29N3O/c1-2-11-28(12-3-1)29-21-23-30(24-22-29)31-13-10-14-32(27-31)42-35-16-4-7-18-37(35)45-44(46-42)47-38-19-8-5-17-36(38)41-39(47)26-25-34-33-15-6-9-20-40(33)48-43(34)41/h1-3,5-6,8-27H,4,7H2. The van der Waals surface area contributed by atoms with E-state index in [0.717, 1.165) is 84.0 Å². The second kappa shape index (κ2) is 10.6. The highest BCUT2D eigenvalue weighted by Gasteiger charge is 2.21. The van der Waals surface area contributed by atoms with Crippen molar-refractivity contribution in [2.24, 2.45) is 0 Å². The summed E-state index contributed by atoms with van der Waals surface area (Å²) >= 11 is 0. The Labute approximate surface area is 276 Å². The lowest BCUT2D eigenvalue weighted by Crippen LogP contribution is -2.34. The van der Waals surface area contributed by atoms with Gasteiger partial charge in [-0.3, -0.25) is 4.57 Å². The van der Waals surface area contributed by atoms with Gasteiger partial charge >= 0.3 is 0 Å². The highest BCUT2D eigenvalue weighted by molar-refractivity contribution is 6.23. The summed E-state index contributed by atoms with van der Waals surface area (Å²) in [6, 6.07) is 49.2. The van der Waals surface area contributed by atoms with E-state index in [1.165, 1.54) is 16.7 Å². The SMILES string of the molecule is C1=c2nc(-n3c4ccccc4c4c5oc6ccccc6c5ccc43)nc(-c3cccc(-c4ccc(-c5ccccc5)cc4)c3)c2=CCC1. The molecule has 0 bridgehead atoms. The molecule has 1 aliphatic carbocycles. The predicted octanol–water partition coefficient (Wildman–Crippen LogP) is 9.83. The van der Waals surface area contributed by atoms with Gasteiger partial charge in [0.05, 0.1) is 27.5 Å². The lowest BCUT2D eigenvalue weighted by molar-refractivity contribution is 0.673. The van der Waals surface area contributed by atoms with Crippen LogP contribution in [0.1, 0.15) is 12.8 Å². The number of hydrogen-bond acceptors (Lipinski definition) is 3. The lowest BCUT2D eigenvalue weighted by atomic mass is 9.97. The molecule has 0 aliphatic heterocycles. The van der Waals surface area contributed by atoms with Crippen LogP contribution in [0.5, 0.6) is 0 Å². The first kappa shape index (κ1) is 26.9. The van der Waals surface area contributed by atoms with Crippen LogP contribution < -0.4 is 10.6 Å². The molecule has 0 amide bonds. The molecule has 3 heterocycles. The second-order valence-corrected chi connectivity index (χ2v) is 12.5. The first-order chi connectivity index (χ1) is 23.8. The Morgan fingerprint density at radius 1 is 0.500 bits per heavy atom. The van der Waals surface area contributed by atoms with Crippen LogP contribution in [-0.2, 0) is 0 Å². The van der Waals surface area contributed by atoms with E-state index in [-0.39, 0.29) is 0 Å². The summed E-state index contributed by atoms with van der Waals surface area (Å²) in [6.45, 7) is 0. The lowest BCUT2D eigenvalue weighted by Gasteiger charge is -2.13. The number of furan rings is 1. The number of aromatic nitrogens is 3. The molecule has 226 valence electrons. The summed E-state index contributed by atoms with van der Waals surface area (Å²) in [6.07, 6.45) is 6.48. The summed E-state index contributed by atoms with van der Waals surface area (Å²) < 4.78 is 8.73. The third-order valence-electron chi connectivity index (χ3n) is 9.66. The van der Waals surface area contributed by atoms with Crippen LogP contribution in [0.3, 0.4) is 0 Å². The van der Waals surface area contributed by atoms with Crippen LogP contribution in [0.15, 0.2) is 144 Å². The number of fused-ring (bicyclic) bond motifs is 8. The highest BCUT2D eigenvalue weighted by atomic mass is 16.3. The fourth-order valence-electron chi connectivity index (χ4n) is 7.38. The number of para-hydroxylation sites is 2. The van der Waals surface area contributed by atoms with Crippen molar-refractivity contribution in [3.8, 4) is 39.5 Å². The number of hydrogen-bond donors (Lipinski definition) is 0. The quantitative estimate of drug-likeness (QED) is 0.198. The van der Waals surface area contributed by atoms with Gasteiger partial charge in [-0.1, -0.05) is 121 Å². The van der Waals surface area contributed by atoms with Crippen molar-refractivity contribution in [1.29, 1.82) is 0 Å². The Kier molecular flexibility index (Phi) is 5.97. The number of rotatable bonds is 4. The van der Waals surface area contributed by atoms with E-state index in [1.807, 2.05) is 12.1 Å². The molecule has 10 rings (SSSR count). The third kappa shape index (κ3) is 4.16. The summed E-state index contributed by atoms with van der Waals surface area (Å²) in [7, 11) is 0. The third-order valence-corrected chi connectivity index (χ3v) is 9.66. The molecule has 0 radical (unpaired) electrons. The van der Waals surface area contributed by atoms with E-state index in [2.05, 4.69) is 144 Å². The van der Waals surface area contributed by atoms with Gasteiger partial charge in [-0.2, -0.15) is 0 Å². The van der Waals surface area contributed by atoms with Crippen LogP contribution >= 0.6 is 0 Å². The highest BCUT2D eigenvalue weighted by Crippen LogP contribution is 2.40. The van der Waals surface area contributed by atoms with Gasteiger partial charge in [-0.05, 0) is 65.4 Å². The molecule has 0 fully saturated rings. The van der Waals surface area contributed by atoms with Crippen molar-refractivity contribution in [3.05, 3.63) is 150 Å². The maximum Gasteiger partial charge on any atom is 0.235 e. The molecule has 1 aliphatic rings. The zero-order chi connectivity index (χ0) is 31.6. The molecule has 3 aromatic heterocycles. The summed E-state index contributed by atoms with van der Waals surface area (Å²) in [5.74, 6) is 0.662. The predicted molar refractivity (Wildman–Crippen MR) is 197 cm³/mol. The number of nitrogens with zero attached hydrogens (tertiary/aromatic N) is 3. The van der Waals surface area contributed by atoms with E-state index in [0.29, 0.717) is 5.95 Å². The fourth-order valence-corrected chi connectivity index (χ4v) is 7.38. The first-order valence-corrected chi connectivity index (χ1v) is 16.5. The van der Waals surface area contributed by atoms with Gasteiger partial charge in [0, 0.05) is 26.9 Å². The molecule has 0 spiro atoms. The Hall–Kier alpha value is -6.26. The van der Waals surface area contributed by atoms with Crippen LogP contribution in [0.2, 0.25) is 0 Å². The Balaban J connectivity index is 1.17. The van der Waals surface area contributed by atoms with Crippen molar-refractivity contribution >= 4 is 55.9 Å². The minimum atomic E-state index is 0.662. The van der Waals surface area contributed by atoms with Crippen molar-refractivity contribution in [2.75, 3.05) is 0 Å². The first-order valence-electron chi connectivity index (χ1n) is 16.5. The molecule has 4 nitrogen and oxygen atoms in total. The monoisotopic (exact) mass is 615 g/mol. The van der Waals surface area contributed by atoms with Crippen molar-refractivity contribution in [1.82, 2.24) is 14.5 Å². The second-order valence-electron chi connectivity index (χ2n) is 12.5. The van der Waals surface area contributed by atoms with Crippen molar-refractivity contribution in [3.63, 3.8) is 0 Å². The molecule has 48 heavy (non-hydrogen) atoms. The van der Waals surface area contributed by atoms with Gasteiger partial charge in [-0.15, -0.1) is 0 Å². The number of benzene rings is 6. The zero-order valence-electron chi connectivity index (χ0n) is 26.1. The van der Waals surface area contributed by atoms with Crippen LogP contribution in [0.25, 0.3) is 95.4 Å². The summed E-state index contributed by atoms with van der Waals surface area (Å²) in [5.41, 5.74) is 10.7. The zero-order valence-corrected chi connectivity index (χ0v) is 26.1. The molecule has 6 aromatic carbocycles. The van der Waals surface area contributed by atoms with Crippen molar-refractivity contribution in [2.45, 2.75) is 12.8 Å². The normalized spacial score (nSPS) is 12.8. The van der Waals surface area contributed by atoms with Gasteiger partial charge < -0.3 is 4.42 Å². The summed E-state index contributed by atoms with van der Waals surface area (Å²) in [5, 5.41) is 6.52. The van der Waals surface area contributed by atoms with Gasteiger partial charge in [0.1, 0.15) is 11.2 Å². The molecule has 0 saturated carbocycles. The van der Waals surface area contributed by atoms with Crippen LogP contribution in [0, 0.1) is 0 Å². The molecule has 0 atom stereocenters. The molecular weight excluding hydrogens is 587 g/mol. The minimum absolute atomic E-state index is 0.662. The van der Waals surface area contributed by atoms with E-state index >= 15 is 0 Å². The minimum Gasteiger partial charge on any atom is -0.455 e. The largest absolute Gasteiger partial charge is 0.455 e. The van der Waals surface area contributed by atoms with E-state index in [1.54, 1.807) is 0 Å². The smallest absolute Gasteiger partial charge is 0.235 e. The van der Waals surface area contributed by atoms with E-state index in [4.69, 9.17) is 14.4 Å². The molecule has 4 heteroatoms. The molecule has 0 unspecified atom stereocenters. The van der Waals surface area contributed by atoms with Gasteiger partial charge in [-0.25, -0.2) is 9.97 Å². The Morgan fingerprint density at radius 2 is 1.19 bits per heavy atom. The Morgan fingerprint density at radius 3 is 2.06 bits per heavy atom. The topological polar surface area (TPSA) is 43.9 Å². The van der Waals surface area contributed by atoms with Gasteiger partial charge in [0.15, 0.2) is 0 Å². The maximum atomic E-state index is 6.53. The van der Waals surface area contributed by atoms with Crippen LogP contribution in [0.4, 0.5) is 0 Å². The fraction of sp³-hybridized carbons (Fsp3) is 0.0455. The van der Waals surface area contributed by atoms with Gasteiger partial charge in [0.25, 0.3) is 0 Å². The average Bonchev–Trinajstić information content (AvgIpc) is 3.71. The summed E-state index contributed by atoms with van der Waals surface area (Å²) in [4.78, 5) is 10.6. The van der Waals surface area contributed by atoms with Gasteiger partial charge in [0.2, 0.25) is 5.95 Å². The van der Waals surface area contributed by atoms with Crippen LogP contribution in [-0.4, -0.2) is 14.5 Å². The Bertz CT molecular complexity index is 2830. The van der Waals surface area contributed by atoms with E-state index < -0.39 is 0 Å². The average molecular weight is 616 g/mol.